The molecule has 1 saturated heterocycles. The van der Waals surface area contributed by atoms with Crippen LogP contribution in [0.3, 0.4) is 0 Å². The minimum Gasteiger partial charge on any atom is -0.315 e. The van der Waals surface area contributed by atoms with Crippen LogP contribution in [0.15, 0.2) is 0 Å². The second-order valence-electron chi connectivity index (χ2n) is 5.11. The standard InChI is InChI=1S/C13H28N2/c1-4-8-14-11-13(12(2)3)15-9-6-5-7-10-15/h12-14H,4-11H2,1-3H3. The first-order chi connectivity index (χ1) is 7.25. The number of piperidine rings is 1. The van der Waals surface area contributed by atoms with Gasteiger partial charge in [0.15, 0.2) is 0 Å². The average molecular weight is 212 g/mol. The molecule has 0 bridgehead atoms. The summed E-state index contributed by atoms with van der Waals surface area (Å²) in [7, 11) is 0. The normalized spacial score (nSPS) is 20.8. The van der Waals surface area contributed by atoms with Crippen molar-refractivity contribution in [2.75, 3.05) is 26.2 Å². The summed E-state index contributed by atoms with van der Waals surface area (Å²) in [6.45, 7) is 11.9. The van der Waals surface area contributed by atoms with Gasteiger partial charge in [0.1, 0.15) is 0 Å². The molecule has 0 spiro atoms. The van der Waals surface area contributed by atoms with E-state index in [0.29, 0.717) is 0 Å². The summed E-state index contributed by atoms with van der Waals surface area (Å²) in [5, 5.41) is 3.57. The van der Waals surface area contributed by atoms with E-state index in [4.69, 9.17) is 0 Å². The highest BCUT2D eigenvalue weighted by Crippen LogP contribution is 2.16. The minimum atomic E-state index is 0.747. The van der Waals surface area contributed by atoms with E-state index in [1.54, 1.807) is 0 Å². The fraction of sp³-hybridized carbons (Fsp3) is 1.00. The van der Waals surface area contributed by atoms with Gasteiger partial charge in [-0.25, -0.2) is 0 Å². The average Bonchev–Trinajstić information content (AvgIpc) is 2.25. The molecule has 0 amide bonds. The third-order valence-corrected chi connectivity index (χ3v) is 3.41. The lowest BCUT2D eigenvalue weighted by atomic mass is 9.99. The molecule has 15 heavy (non-hydrogen) atoms. The molecule has 1 atom stereocenters. The quantitative estimate of drug-likeness (QED) is 0.681. The molecule has 1 unspecified atom stereocenters. The van der Waals surface area contributed by atoms with Gasteiger partial charge >= 0.3 is 0 Å². The first kappa shape index (κ1) is 13.0. The second-order valence-corrected chi connectivity index (χ2v) is 5.11. The third kappa shape index (κ3) is 4.52. The van der Waals surface area contributed by atoms with Crippen molar-refractivity contribution in [2.45, 2.75) is 52.5 Å². The van der Waals surface area contributed by atoms with Crippen molar-refractivity contribution in [1.82, 2.24) is 10.2 Å². The minimum absolute atomic E-state index is 0.747. The maximum atomic E-state index is 3.57. The molecule has 1 N–H and O–H groups in total. The van der Waals surface area contributed by atoms with Crippen LogP contribution in [-0.4, -0.2) is 37.1 Å². The van der Waals surface area contributed by atoms with Gasteiger partial charge in [-0.2, -0.15) is 0 Å². The topological polar surface area (TPSA) is 15.3 Å². The number of nitrogens with one attached hydrogen (secondary N) is 1. The van der Waals surface area contributed by atoms with Gasteiger partial charge < -0.3 is 5.32 Å². The molecule has 2 heteroatoms. The molecular formula is C13H28N2. The molecule has 1 aliphatic rings. The summed E-state index contributed by atoms with van der Waals surface area (Å²) in [5.74, 6) is 0.771. The molecule has 0 aromatic heterocycles. The van der Waals surface area contributed by atoms with Crippen LogP contribution in [0.2, 0.25) is 0 Å². The lowest BCUT2D eigenvalue weighted by molar-refractivity contribution is 0.126. The highest BCUT2D eigenvalue weighted by Gasteiger charge is 2.22. The van der Waals surface area contributed by atoms with Gasteiger partial charge in [-0.15, -0.1) is 0 Å². The molecule has 0 aromatic rings. The first-order valence-corrected chi connectivity index (χ1v) is 6.70. The Balaban J connectivity index is 2.34. The summed E-state index contributed by atoms with van der Waals surface area (Å²) in [4.78, 5) is 2.69. The van der Waals surface area contributed by atoms with Crippen LogP contribution in [0.5, 0.6) is 0 Å². The van der Waals surface area contributed by atoms with Crippen LogP contribution in [0.4, 0.5) is 0 Å². The molecule has 0 radical (unpaired) electrons. The summed E-state index contributed by atoms with van der Waals surface area (Å²) in [6.07, 6.45) is 5.47. The van der Waals surface area contributed by atoms with Crippen molar-refractivity contribution in [1.29, 1.82) is 0 Å². The van der Waals surface area contributed by atoms with Crippen molar-refractivity contribution in [3.8, 4) is 0 Å². The van der Waals surface area contributed by atoms with Crippen molar-refractivity contribution in [3.05, 3.63) is 0 Å². The molecule has 1 rings (SSSR count). The molecule has 1 aliphatic heterocycles. The Labute approximate surface area is 95.4 Å². The Hall–Kier alpha value is -0.0800. The fourth-order valence-electron chi connectivity index (χ4n) is 2.46. The number of likely N-dealkylation sites (tertiary alicyclic amines) is 1. The molecule has 90 valence electrons. The van der Waals surface area contributed by atoms with E-state index < -0.39 is 0 Å². The van der Waals surface area contributed by atoms with Gasteiger partial charge in [0.05, 0.1) is 0 Å². The lowest BCUT2D eigenvalue weighted by Crippen LogP contribution is -2.47. The third-order valence-electron chi connectivity index (χ3n) is 3.41. The van der Waals surface area contributed by atoms with Gasteiger partial charge in [-0.3, -0.25) is 4.90 Å². The van der Waals surface area contributed by atoms with Crippen molar-refractivity contribution in [3.63, 3.8) is 0 Å². The van der Waals surface area contributed by atoms with E-state index in [1.165, 1.54) is 45.3 Å². The van der Waals surface area contributed by atoms with Crippen LogP contribution in [0.1, 0.15) is 46.5 Å². The number of rotatable bonds is 6. The van der Waals surface area contributed by atoms with Gasteiger partial charge in [0, 0.05) is 12.6 Å². The lowest BCUT2D eigenvalue weighted by Gasteiger charge is -2.37. The van der Waals surface area contributed by atoms with Gasteiger partial charge in [0.2, 0.25) is 0 Å². The van der Waals surface area contributed by atoms with E-state index in [0.717, 1.165) is 18.5 Å². The Morgan fingerprint density at radius 2 is 1.80 bits per heavy atom. The molecular weight excluding hydrogens is 184 g/mol. The van der Waals surface area contributed by atoms with Crippen molar-refractivity contribution >= 4 is 0 Å². The van der Waals surface area contributed by atoms with Crippen molar-refractivity contribution in [2.24, 2.45) is 5.92 Å². The van der Waals surface area contributed by atoms with Gasteiger partial charge in [0.25, 0.3) is 0 Å². The van der Waals surface area contributed by atoms with Crippen LogP contribution in [0, 0.1) is 5.92 Å². The van der Waals surface area contributed by atoms with E-state index in [1.807, 2.05) is 0 Å². The Morgan fingerprint density at radius 3 is 2.33 bits per heavy atom. The van der Waals surface area contributed by atoms with Crippen LogP contribution < -0.4 is 5.32 Å². The summed E-state index contributed by atoms with van der Waals surface area (Å²) in [6, 6.07) is 0.747. The van der Waals surface area contributed by atoms with E-state index >= 15 is 0 Å². The fourth-order valence-corrected chi connectivity index (χ4v) is 2.46. The van der Waals surface area contributed by atoms with E-state index in [-0.39, 0.29) is 0 Å². The maximum absolute atomic E-state index is 3.57. The highest BCUT2D eigenvalue weighted by atomic mass is 15.2. The summed E-state index contributed by atoms with van der Waals surface area (Å²) >= 11 is 0. The van der Waals surface area contributed by atoms with Crippen LogP contribution in [-0.2, 0) is 0 Å². The number of hydrogen-bond donors (Lipinski definition) is 1. The van der Waals surface area contributed by atoms with E-state index in [9.17, 15) is 0 Å². The number of nitrogens with zero attached hydrogens (tertiary/aromatic N) is 1. The summed E-state index contributed by atoms with van der Waals surface area (Å²) < 4.78 is 0. The predicted molar refractivity (Wildman–Crippen MR) is 67.2 cm³/mol. The largest absolute Gasteiger partial charge is 0.315 e. The molecule has 0 saturated carbocycles. The Morgan fingerprint density at radius 1 is 1.13 bits per heavy atom. The molecule has 2 nitrogen and oxygen atoms in total. The predicted octanol–water partition coefficient (Wildman–Crippen LogP) is 2.50. The first-order valence-electron chi connectivity index (χ1n) is 6.70. The van der Waals surface area contributed by atoms with Crippen LogP contribution >= 0.6 is 0 Å². The van der Waals surface area contributed by atoms with Gasteiger partial charge in [-0.1, -0.05) is 27.2 Å². The zero-order chi connectivity index (χ0) is 11.1. The monoisotopic (exact) mass is 212 g/mol. The Bertz CT molecular complexity index is 151. The molecule has 1 heterocycles. The Kier molecular flexibility index (Phi) is 6.26. The number of hydrogen-bond acceptors (Lipinski definition) is 2. The van der Waals surface area contributed by atoms with E-state index in [2.05, 4.69) is 31.0 Å². The van der Waals surface area contributed by atoms with Crippen LogP contribution in [0.25, 0.3) is 0 Å². The maximum Gasteiger partial charge on any atom is 0.0243 e. The second kappa shape index (κ2) is 7.24. The smallest absolute Gasteiger partial charge is 0.0243 e. The molecule has 1 fully saturated rings. The van der Waals surface area contributed by atoms with Gasteiger partial charge in [-0.05, 0) is 44.8 Å². The zero-order valence-corrected chi connectivity index (χ0v) is 10.8. The molecule has 0 aliphatic carbocycles. The molecule has 0 aromatic carbocycles. The SMILES string of the molecule is CCCNCC(C(C)C)N1CCCCC1. The summed E-state index contributed by atoms with van der Waals surface area (Å²) in [5.41, 5.74) is 0. The zero-order valence-electron chi connectivity index (χ0n) is 10.8. The van der Waals surface area contributed by atoms with Crippen molar-refractivity contribution < 1.29 is 0 Å². The highest BCUT2D eigenvalue weighted by molar-refractivity contribution is 4.79.